The minimum atomic E-state index is -4.29. The van der Waals surface area contributed by atoms with Gasteiger partial charge in [0.15, 0.2) is 0 Å². The molecule has 0 aromatic heterocycles. The third-order valence-electron chi connectivity index (χ3n) is 3.78. The highest BCUT2D eigenvalue weighted by molar-refractivity contribution is 5.24. The summed E-state index contributed by atoms with van der Waals surface area (Å²) >= 11 is 0. The fraction of sp³-hybridized carbons (Fsp3) is 0.533. The topological polar surface area (TPSA) is 35.8 Å². The molecule has 1 saturated carbocycles. The van der Waals surface area contributed by atoms with Gasteiger partial charge in [0.1, 0.15) is 0 Å². The van der Waals surface area contributed by atoms with Gasteiger partial charge in [-0.1, -0.05) is 25.0 Å². The summed E-state index contributed by atoms with van der Waals surface area (Å²) < 4.78 is 37.3. The average Bonchev–Trinajstić information content (AvgIpc) is 2.45. The van der Waals surface area contributed by atoms with Crippen LogP contribution in [0.25, 0.3) is 0 Å². The van der Waals surface area contributed by atoms with Gasteiger partial charge < -0.3 is 5.32 Å². The summed E-state index contributed by atoms with van der Waals surface area (Å²) in [6.07, 6.45) is -0.249. The lowest BCUT2D eigenvalue weighted by Crippen LogP contribution is -2.37. The molecular formula is C15H17F3N2. The summed E-state index contributed by atoms with van der Waals surface area (Å²) in [5.41, 5.74) is 0.175. The monoisotopic (exact) mass is 282 g/mol. The van der Waals surface area contributed by atoms with Gasteiger partial charge >= 0.3 is 6.18 Å². The first-order valence-electron chi connectivity index (χ1n) is 6.80. The lowest BCUT2D eigenvalue weighted by molar-refractivity contribution is -0.137. The fourth-order valence-electron chi connectivity index (χ4n) is 2.59. The molecule has 2 atom stereocenters. The molecule has 2 rings (SSSR count). The first-order valence-corrected chi connectivity index (χ1v) is 6.80. The Kier molecular flexibility index (Phi) is 4.66. The van der Waals surface area contributed by atoms with Crippen LogP contribution in [-0.4, -0.2) is 6.04 Å². The highest BCUT2D eigenvalue weighted by Crippen LogP contribution is 2.29. The summed E-state index contributed by atoms with van der Waals surface area (Å²) in [5.74, 6) is 0.0122. The van der Waals surface area contributed by atoms with E-state index in [4.69, 9.17) is 5.26 Å². The van der Waals surface area contributed by atoms with Crippen LogP contribution in [0.2, 0.25) is 0 Å². The highest BCUT2D eigenvalue weighted by Gasteiger charge is 2.30. The molecule has 0 spiro atoms. The van der Waals surface area contributed by atoms with Gasteiger partial charge in [-0.2, -0.15) is 18.4 Å². The van der Waals surface area contributed by atoms with Crippen molar-refractivity contribution in [2.45, 2.75) is 44.4 Å². The van der Waals surface area contributed by atoms with Crippen LogP contribution in [0.5, 0.6) is 0 Å². The maximum absolute atomic E-state index is 12.4. The zero-order valence-corrected chi connectivity index (χ0v) is 11.1. The number of rotatable bonds is 3. The van der Waals surface area contributed by atoms with Gasteiger partial charge in [0.05, 0.1) is 17.6 Å². The van der Waals surface area contributed by atoms with E-state index in [2.05, 4.69) is 11.4 Å². The minimum Gasteiger partial charge on any atom is -0.309 e. The Morgan fingerprint density at radius 3 is 2.40 bits per heavy atom. The van der Waals surface area contributed by atoms with E-state index in [0.717, 1.165) is 43.4 Å². The Labute approximate surface area is 116 Å². The van der Waals surface area contributed by atoms with Gasteiger partial charge in [0.25, 0.3) is 0 Å². The Hall–Kier alpha value is -1.54. The Balaban J connectivity index is 1.92. The second kappa shape index (κ2) is 6.27. The van der Waals surface area contributed by atoms with Crippen molar-refractivity contribution in [2.75, 3.05) is 0 Å². The van der Waals surface area contributed by atoms with Crippen molar-refractivity contribution in [3.63, 3.8) is 0 Å². The van der Waals surface area contributed by atoms with E-state index in [1.54, 1.807) is 0 Å². The number of nitriles is 1. The SMILES string of the molecule is N#CC1CCCCC1NCc1ccc(C(F)(F)F)cc1. The minimum absolute atomic E-state index is 0.0122. The first kappa shape index (κ1) is 14.9. The maximum atomic E-state index is 12.4. The van der Waals surface area contributed by atoms with Crippen molar-refractivity contribution in [1.82, 2.24) is 5.32 Å². The van der Waals surface area contributed by atoms with E-state index in [-0.39, 0.29) is 12.0 Å². The molecule has 0 heterocycles. The number of hydrogen-bond acceptors (Lipinski definition) is 2. The maximum Gasteiger partial charge on any atom is 0.416 e. The molecule has 0 saturated heterocycles. The number of alkyl halides is 3. The second-order valence-electron chi connectivity index (χ2n) is 5.20. The third-order valence-corrected chi connectivity index (χ3v) is 3.78. The molecule has 1 fully saturated rings. The van der Waals surface area contributed by atoms with Crippen LogP contribution in [0.1, 0.15) is 36.8 Å². The number of benzene rings is 1. The zero-order chi connectivity index (χ0) is 14.6. The van der Waals surface area contributed by atoms with E-state index in [0.29, 0.717) is 6.54 Å². The summed E-state index contributed by atoms with van der Waals surface area (Å²) in [4.78, 5) is 0. The molecule has 0 bridgehead atoms. The van der Waals surface area contributed by atoms with Crippen molar-refractivity contribution in [2.24, 2.45) is 5.92 Å². The van der Waals surface area contributed by atoms with Gasteiger partial charge in [0.2, 0.25) is 0 Å². The van der Waals surface area contributed by atoms with E-state index in [1.165, 1.54) is 12.1 Å². The van der Waals surface area contributed by atoms with Gasteiger partial charge in [-0.25, -0.2) is 0 Å². The lowest BCUT2D eigenvalue weighted by atomic mass is 9.85. The van der Waals surface area contributed by atoms with Crippen LogP contribution >= 0.6 is 0 Å². The molecule has 20 heavy (non-hydrogen) atoms. The largest absolute Gasteiger partial charge is 0.416 e. The van der Waals surface area contributed by atoms with Crippen LogP contribution < -0.4 is 5.32 Å². The molecule has 0 radical (unpaired) electrons. The smallest absolute Gasteiger partial charge is 0.309 e. The average molecular weight is 282 g/mol. The summed E-state index contributed by atoms with van der Waals surface area (Å²) in [6, 6.07) is 7.62. The quantitative estimate of drug-likeness (QED) is 0.913. The van der Waals surface area contributed by atoms with Crippen LogP contribution in [0.3, 0.4) is 0 Å². The number of halogens is 3. The Bertz CT molecular complexity index is 473. The van der Waals surface area contributed by atoms with Crippen LogP contribution in [0.4, 0.5) is 13.2 Å². The second-order valence-corrected chi connectivity index (χ2v) is 5.20. The van der Waals surface area contributed by atoms with E-state index in [9.17, 15) is 13.2 Å². The van der Waals surface area contributed by atoms with Gasteiger partial charge in [-0.3, -0.25) is 0 Å². The van der Waals surface area contributed by atoms with Crippen LogP contribution in [-0.2, 0) is 12.7 Å². The van der Waals surface area contributed by atoms with Crippen molar-refractivity contribution in [1.29, 1.82) is 5.26 Å². The molecule has 1 aromatic carbocycles. The predicted molar refractivity (Wildman–Crippen MR) is 69.6 cm³/mol. The molecule has 1 aliphatic rings. The molecule has 1 N–H and O–H groups in total. The number of hydrogen-bond donors (Lipinski definition) is 1. The van der Waals surface area contributed by atoms with E-state index < -0.39 is 11.7 Å². The van der Waals surface area contributed by atoms with E-state index in [1.807, 2.05) is 0 Å². The molecule has 0 amide bonds. The molecule has 2 unspecified atom stereocenters. The fourth-order valence-corrected chi connectivity index (χ4v) is 2.59. The predicted octanol–water partition coefficient (Wildman–Crippen LogP) is 3.88. The van der Waals surface area contributed by atoms with Gasteiger partial charge in [-0.15, -0.1) is 0 Å². The molecule has 5 heteroatoms. The highest BCUT2D eigenvalue weighted by atomic mass is 19.4. The molecule has 2 nitrogen and oxygen atoms in total. The Morgan fingerprint density at radius 2 is 1.80 bits per heavy atom. The first-order chi connectivity index (χ1) is 9.50. The van der Waals surface area contributed by atoms with E-state index >= 15 is 0 Å². The standard InChI is InChI=1S/C15H17F3N2/c16-15(17,18)13-7-5-11(6-8-13)10-20-14-4-2-1-3-12(14)9-19/h5-8,12,14,20H,1-4,10H2. The summed E-state index contributed by atoms with van der Waals surface area (Å²) in [7, 11) is 0. The Morgan fingerprint density at radius 1 is 1.15 bits per heavy atom. The molecule has 1 aromatic rings. The van der Waals surface area contributed by atoms with Crippen molar-refractivity contribution >= 4 is 0 Å². The van der Waals surface area contributed by atoms with Crippen molar-refractivity contribution in [3.8, 4) is 6.07 Å². The van der Waals surface area contributed by atoms with Gasteiger partial charge in [-0.05, 0) is 30.5 Å². The number of nitrogens with one attached hydrogen (secondary N) is 1. The lowest BCUT2D eigenvalue weighted by Gasteiger charge is -2.27. The molecule has 108 valence electrons. The van der Waals surface area contributed by atoms with Crippen molar-refractivity contribution in [3.05, 3.63) is 35.4 Å². The summed E-state index contributed by atoms with van der Waals surface area (Å²) in [6.45, 7) is 0.501. The molecular weight excluding hydrogens is 265 g/mol. The van der Waals surface area contributed by atoms with Crippen molar-refractivity contribution < 1.29 is 13.2 Å². The van der Waals surface area contributed by atoms with Crippen LogP contribution in [0, 0.1) is 17.2 Å². The van der Waals surface area contributed by atoms with Crippen LogP contribution in [0.15, 0.2) is 24.3 Å². The summed E-state index contributed by atoms with van der Waals surface area (Å²) in [5, 5.41) is 12.4. The molecule has 0 aliphatic heterocycles. The molecule has 1 aliphatic carbocycles. The normalized spacial score (nSPS) is 23.3. The zero-order valence-electron chi connectivity index (χ0n) is 11.1. The number of nitrogens with zero attached hydrogens (tertiary/aromatic N) is 1. The van der Waals surface area contributed by atoms with Gasteiger partial charge in [0, 0.05) is 12.6 Å². The third kappa shape index (κ3) is 3.73.